The number of nitrogens with one attached hydrogen (secondary N) is 1. The Hall–Kier alpha value is -2.07. The van der Waals surface area contributed by atoms with Crippen molar-refractivity contribution in [2.24, 2.45) is 0 Å². The van der Waals surface area contributed by atoms with Crippen LogP contribution in [0.2, 0.25) is 0 Å². The summed E-state index contributed by atoms with van der Waals surface area (Å²) >= 11 is 3.42. The summed E-state index contributed by atoms with van der Waals surface area (Å²) in [6, 6.07) is 15.8. The predicted molar refractivity (Wildman–Crippen MR) is 93.3 cm³/mol. The predicted octanol–water partition coefficient (Wildman–Crippen LogP) is 4.85. The number of carbonyl (C=O) groups is 1. The fraction of sp³-hybridized carbons (Fsp3) is 0.167. The third-order valence-electron chi connectivity index (χ3n) is 3.11. The van der Waals surface area contributed by atoms with Gasteiger partial charge in [-0.1, -0.05) is 40.7 Å². The zero-order valence-corrected chi connectivity index (χ0v) is 14.0. The summed E-state index contributed by atoms with van der Waals surface area (Å²) in [7, 11) is 0. The molecule has 0 spiro atoms. The van der Waals surface area contributed by atoms with Crippen LogP contribution in [0.3, 0.4) is 0 Å². The van der Waals surface area contributed by atoms with Gasteiger partial charge >= 0.3 is 5.97 Å². The van der Waals surface area contributed by atoms with E-state index >= 15 is 0 Å². The highest BCUT2D eigenvalue weighted by molar-refractivity contribution is 9.10. The van der Waals surface area contributed by atoms with Gasteiger partial charge in [0.2, 0.25) is 0 Å². The SMILES string of the molecule is C=C(Cc1ccccc1Nc1ccc(Br)cc1)C(=O)OCC. The zero-order valence-electron chi connectivity index (χ0n) is 12.4. The summed E-state index contributed by atoms with van der Waals surface area (Å²) in [4.78, 5) is 11.7. The second-order valence-electron chi connectivity index (χ2n) is 4.79. The minimum absolute atomic E-state index is 0.346. The molecule has 4 heteroatoms. The molecule has 3 nitrogen and oxygen atoms in total. The summed E-state index contributed by atoms with van der Waals surface area (Å²) < 4.78 is 6.01. The normalized spacial score (nSPS) is 10.1. The molecule has 0 aromatic heterocycles. The molecule has 0 saturated carbocycles. The number of ether oxygens (including phenoxy) is 1. The van der Waals surface area contributed by atoms with E-state index in [1.165, 1.54) is 0 Å². The van der Waals surface area contributed by atoms with Gasteiger partial charge in [-0.25, -0.2) is 4.79 Å². The Morgan fingerprint density at radius 2 is 1.86 bits per heavy atom. The average molecular weight is 360 g/mol. The zero-order chi connectivity index (χ0) is 15.9. The summed E-state index contributed by atoms with van der Waals surface area (Å²) in [6.45, 7) is 5.96. The van der Waals surface area contributed by atoms with Crippen LogP contribution in [-0.2, 0) is 16.0 Å². The third-order valence-corrected chi connectivity index (χ3v) is 3.64. The number of esters is 1. The maximum absolute atomic E-state index is 11.7. The van der Waals surface area contributed by atoms with E-state index in [2.05, 4.69) is 27.8 Å². The lowest BCUT2D eigenvalue weighted by Gasteiger charge is -2.13. The van der Waals surface area contributed by atoms with Crippen LogP contribution in [0.1, 0.15) is 12.5 Å². The molecular weight excluding hydrogens is 342 g/mol. The van der Waals surface area contributed by atoms with E-state index in [4.69, 9.17) is 4.74 Å². The van der Waals surface area contributed by atoms with Crippen molar-refractivity contribution in [3.8, 4) is 0 Å². The highest BCUT2D eigenvalue weighted by atomic mass is 79.9. The number of hydrogen-bond donors (Lipinski definition) is 1. The van der Waals surface area contributed by atoms with Crippen LogP contribution in [-0.4, -0.2) is 12.6 Å². The fourth-order valence-electron chi connectivity index (χ4n) is 2.02. The molecular formula is C18H18BrNO2. The summed E-state index contributed by atoms with van der Waals surface area (Å²) in [6.07, 6.45) is 0.457. The number of anilines is 2. The molecule has 0 aliphatic carbocycles. The molecule has 1 N–H and O–H groups in total. The Morgan fingerprint density at radius 3 is 2.55 bits per heavy atom. The molecule has 0 aliphatic rings. The molecule has 0 atom stereocenters. The minimum atomic E-state index is -0.346. The van der Waals surface area contributed by atoms with Gasteiger partial charge in [0.15, 0.2) is 0 Å². The molecule has 0 radical (unpaired) electrons. The molecule has 114 valence electrons. The molecule has 0 bridgehead atoms. The largest absolute Gasteiger partial charge is 0.463 e. The van der Waals surface area contributed by atoms with Crippen LogP contribution in [0.25, 0.3) is 0 Å². The van der Waals surface area contributed by atoms with Crippen molar-refractivity contribution in [2.75, 3.05) is 11.9 Å². The van der Waals surface area contributed by atoms with E-state index in [0.717, 1.165) is 21.4 Å². The Kier molecular flexibility index (Phi) is 5.78. The molecule has 0 fully saturated rings. The lowest BCUT2D eigenvalue weighted by Crippen LogP contribution is -2.09. The number of para-hydroxylation sites is 1. The number of rotatable bonds is 6. The van der Waals surface area contributed by atoms with Gasteiger partial charge in [0.05, 0.1) is 6.61 Å². The summed E-state index contributed by atoms with van der Waals surface area (Å²) in [5.41, 5.74) is 3.39. The van der Waals surface area contributed by atoms with Crippen LogP contribution in [0.15, 0.2) is 65.2 Å². The number of carbonyl (C=O) groups excluding carboxylic acids is 1. The first-order chi connectivity index (χ1) is 10.6. The molecule has 2 rings (SSSR count). The Balaban J connectivity index is 2.14. The third kappa shape index (κ3) is 4.46. The lowest BCUT2D eigenvalue weighted by molar-refractivity contribution is -0.138. The van der Waals surface area contributed by atoms with Gasteiger partial charge in [-0.15, -0.1) is 0 Å². The first-order valence-corrected chi connectivity index (χ1v) is 7.85. The smallest absolute Gasteiger partial charge is 0.333 e. The molecule has 2 aromatic carbocycles. The van der Waals surface area contributed by atoms with Gasteiger partial charge in [-0.05, 0) is 42.8 Å². The highest BCUT2D eigenvalue weighted by Crippen LogP contribution is 2.24. The monoisotopic (exact) mass is 359 g/mol. The van der Waals surface area contributed by atoms with Gasteiger partial charge in [-0.3, -0.25) is 0 Å². The Morgan fingerprint density at radius 1 is 1.18 bits per heavy atom. The highest BCUT2D eigenvalue weighted by Gasteiger charge is 2.11. The van der Waals surface area contributed by atoms with E-state index in [1.807, 2.05) is 48.5 Å². The molecule has 0 unspecified atom stereocenters. The molecule has 0 aliphatic heterocycles. The van der Waals surface area contributed by atoms with E-state index in [-0.39, 0.29) is 5.97 Å². The van der Waals surface area contributed by atoms with Gasteiger partial charge in [0.25, 0.3) is 0 Å². The van der Waals surface area contributed by atoms with E-state index in [1.54, 1.807) is 6.92 Å². The van der Waals surface area contributed by atoms with Crippen molar-refractivity contribution >= 4 is 33.3 Å². The van der Waals surface area contributed by atoms with Crippen LogP contribution >= 0.6 is 15.9 Å². The lowest BCUT2D eigenvalue weighted by atomic mass is 10.0. The van der Waals surface area contributed by atoms with Crippen molar-refractivity contribution in [3.63, 3.8) is 0 Å². The molecule has 0 heterocycles. The van der Waals surface area contributed by atoms with Gasteiger partial charge in [0.1, 0.15) is 0 Å². The van der Waals surface area contributed by atoms with Crippen molar-refractivity contribution in [1.82, 2.24) is 0 Å². The summed E-state index contributed by atoms with van der Waals surface area (Å²) in [5, 5.41) is 3.36. The number of benzene rings is 2. The van der Waals surface area contributed by atoms with Crippen LogP contribution in [0, 0.1) is 0 Å². The van der Waals surface area contributed by atoms with E-state index < -0.39 is 0 Å². The Labute approximate surface area is 139 Å². The molecule has 2 aromatic rings. The van der Waals surface area contributed by atoms with Crippen molar-refractivity contribution in [2.45, 2.75) is 13.3 Å². The average Bonchev–Trinajstić information content (AvgIpc) is 2.51. The van der Waals surface area contributed by atoms with Gasteiger partial charge in [-0.2, -0.15) is 0 Å². The first kappa shape index (κ1) is 16.3. The fourth-order valence-corrected chi connectivity index (χ4v) is 2.28. The van der Waals surface area contributed by atoms with Gasteiger partial charge in [0, 0.05) is 27.8 Å². The maximum Gasteiger partial charge on any atom is 0.333 e. The first-order valence-electron chi connectivity index (χ1n) is 7.05. The second-order valence-corrected chi connectivity index (χ2v) is 5.71. The topological polar surface area (TPSA) is 38.3 Å². The van der Waals surface area contributed by atoms with Crippen molar-refractivity contribution < 1.29 is 9.53 Å². The van der Waals surface area contributed by atoms with Gasteiger partial charge < -0.3 is 10.1 Å². The van der Waals surface area contributed by atoms with Crippen molar-refractivity contribution in [3.05, 3.63) is 70.7 Å². The quantitative estimate of drug-likeness (QED) is 0.591. The van der Waals surface area contributed by atoms with Crippen molar-refractivity contribution in [1.29, 1.82) is 0 Å². The van der Waals surface area contributed by atoms with E-state index in [0.29, 0.717) is 18.6 Å². The van der Waals surface area contributed by atoms with Crippen LogP contribution < -0.4 is 5.32 Å². The number of hydrogen-bond acceptors (Lipinski definition) is 3. The number of halogens is 1. The van der Waals surface area contributed by atoms with E-state index in [9.17, 15) is 4.79 Å². The summed E-state index contributed by atoms with van der Waals surface area (Å²) in [5.74, 6) is -0.346. The molecule has 22 heavy (non-hydrogen) atoms. The van der Waals surface area contributed by atoms with Crippen LogP contribution in [0.4, 0.5) is 11.4 Å². The maximum atomic E-state index is 11.7. The molecule has 0 amide bonds. The minimum Gasteiger partial charge on any atom is -0.463 e. The molecule has 0 saturated heterocycles. The standard InChI is InChI=1S/C18H18BrNO2/c1-3-22-18(21)13(2)12-14-6-4-5-7-17(14)20-16-10-8-15(19)9-11-16/h4-11,20H,2-3,12H2,1H3. The second kappa shape index (κ2) is 7.80. The Bertz CT molecular complexity index is 665. The van der Waals surface area contributed by atoms with Crippen LogP contribution in [0.5, 0.6) is 0 Å².